The second kappa shape index (κ2) is 7.44. The number of carbonyl (C=O) groups excluding carboxylic acids is 1. The van der Waals surface area contributed by atoms with Crippen LogP contribution in [0.25, 0.3) is 6.08 Å². The van der Waals surface area contributed by atoms with E-state index in [0.717, 1.165) is 11.1 Å². The van der Waals surface area contributed by atoms with Crippen LogP contribution in [0.3, 0.4) is 0 Å². The van der Waals surface area contributed by atoms with Crippen LogP contribution in [-0.2, 0) is 11.4 Å². The Morgan fingerprint density at radius 3 is 2.52 bits per heavy atom. The van der Waals surface area contributed by atoms with E-state index in [-0.39, 0.29) is 5.91 Å². The van der Waals surface area contributed by atoms with Gasteiger partial charge in [-0.05, 0) is 48.1 Å². The summed E-state index contributed by atoms with van der Waals surface area (Å²) in [6.45, 7) is 0.343. The Kier molecular flexibility index (Phi) is 5.27. The van der Waals surface area contributed by atoms with Gasteiger partial charge in [-0.15, -0.1) is 0 Å². The molecule has 0 radical (unpaired) electrons. The van der Waals surface area contributed by atoms with E-state index in [1.165, 1.54) is 4.90 Å². The number of hydrogen-bond acceptors (Lipinski definition) is 3. The summed E-state index contributed by atoms with van der Waals surface area (Å²) in [6.07, 6.45) is 1.75. The van der Waals surface area contributed by atoms with Gasteiger partial charge in [0.05, 0.1) is 0 Å². The number of halogens is 2. The maximum atomic E-state index is 12.0. The Hall–Kier alpha value is -2.08. The highest BCUT2D eigenvalue weighted by atomic mass is 35.5. The van der Waals surface area contributed by atoms with Crippen LogP contribution in [0.15, 0.2) is 48.2 Å². The summed E-state index contributed by atoms with van der Waals surface area (Å²) in [5.74, 6) is 0.550. The molecule has 0 bridgehead atoms. The quantitative estimate of drug-likeness (QED) is 0.623. The summed E-state index contributed by atoms with van der Waals surface area (Å²) in [5.41, 5.74) is 2.18. The predicted octanol–water partition coefficient (Wildman–Crippen LogP) is 4.26. The lowest BCUT2D eigenvalue weighted by atomic mass is 10.2. The van der Waals surface area contributed by atoms with E-state index >= 15 is 0 Å². The highest BCUT2D eigenvalue weighted by Gasteiger charge is 2.26. The third kappa shape index (κ3) is 4.12. The van der Waals surface area contributed by atoms with Gasteiger partial charge in [0.25, 0.3) is 5.91 Å². The standard InChI is InChI=1S/C18H14Cl2N2O2S/c1-22-17(23)16(21-18(22)25)8-11-2-6-14(7-3-11)24-10-12-4-5-13(19)9-15(12)20/h2-9H,10H2,1H3,(H,21,25). The van der Waals surface area contributed by atoms with Crippen molar-refractivity contribution in [2.45, 2.75) is 6.61 Å². The minimum Gasteiger partial charge on any atom is -0.489 e. The summed E-state index contributed by atoms with van der Waals surface area (Å²) in [4.78, 5) is 13.4. The molecular weight excluding hydrogens is 379 g/mol. The van der Waals surface area contributed by atoms with E-state index < -0.39 is 0 Å². The van der Waals surface area contributed by atoms with Crippen molar-refractivity contribution in [1.29, 1.82) is 0 Å². The average Bonchev–Trinajstić information content (AvgIpc) is 2.82. The molecule has 4 nitrogen and oxygen atoms in total. The third-order valence-electron chi connectivity index (χ3n) is 3.68. The van der Waals surface area contributed by atoms with Crippen molar-refractivity contribution in [3.8, 4) is 5.75 Å². The van der Waals surface area contributed by atoms with Gasteiger partial charge in [0.15, 0.2) is 5.11 Å². The molecule has 0 atom stereocenters. The first kappa shape index (κ1) is 17.7. The summed E-state index contributed by atoms with van der Waals surface area (Å²) >= 11 is 17.1. The SMILES string of the molecule is CN1C(=O)C(=Cc2ccc(OCc3ccc(Cl)cc3Cl)cc2)NC1=S. The Morgan fingerprint density at radius 2 is 1.92 bits per heavy atom. The van der Waals surface area contributed by atoms with E-state index in [1.807, 2.05) is 30.3 Å². The molecule has 1 N–H and O–H groups in total. The molecule has 0 aromatic heterocycles. The van der Waals surface area contributed by atoms with Crippen LogP contribution >= 0.6 is 35.4 Å². The molecule has 7 heteroatoms. The molecule has 1 aliphatic rings. The van der Waals surface area contributed by atoms with Crippen molar-refractivity contribution in [2.24, 2.45) is 0 Å². The van der Waals surface area contributed by atoms with Crippen molar-refractivity contribution >= 4 is 52.5 Å². The molecule has 2 aromatic rings. The third-order valence-corrected chi connectivity index (χ3v) is 4.64. The van der Waals surface area contributed by atoms with Crippen molar-refractivity contribution < 1.29 is 9.53 Å². The van der Waals surface area contributed by atoms with Crippen LogP contribution in [0, 0.1) is 0 Å². The molecule has 25 heavy (non-hydrogen) atoms. The summed E-state index contributed by atoms with van der Waals surface area (Å²) in [7, 11) is 1.64. The van der Waals surface area contributed by atoms with Gasteiger partial charge in [-0.2, -0.15) is 0 Å². The first-order valence-electron chi connectivity index (χ1n) is 7.41. The van der Waals surface area contributed by atoms with E-state index in [0.29, 0.717) is 33.2 Å². The van der Waals surface area contributed by atoms with Gasteiger partial charge in [-0.1, -0.05) is 41.4 Å². The second-order valence-corrected chi connectivity index (χ2v) is 6.68. The van der Waals surface area contributed by atoms with Gasteiger partial charge in [0.1, 0.15) is 18.1 Å². The first-order valence-corrected chi connectivity index (χ1v) is 8.58. The van der Waals surface area contributed by atoms with Crippen molar-refractivity contribution in [2.75, 3.05) is 7.05 Å². The average molecular weight is 393 g/mol. The molecule has 0 aliphatic carbocycles. The smallest absolute Gasteiger partial charge is 0.276 e. The van der Waals surface area contributed by atoms with Crippen molar-refractivity contribution in [3.05, 3.63) is 69.3 Å². The summed E-state index contributed by atoms with van der Waals surface area (Å²) in [6, 6.07) is 12.7. The molecule has 0 saturated carbocycles. The Balaban J connectivity index is 1.66. The van der Waals surface area contributed by atoms with Crippen LogP contribution in [-0.4, -0.2) is 23.0 Å². The Bertz CT molecular complexity index is 866. The Morgan fingerprint density at radius 1 is 1.20 bits per heavy atom. The maximum absolute atomic E-state index is 12.0. The van der Waals surface area contributed by atoms with Crippen LogP contribution in [0.5, 0.6) is 5.75 Å². The molecule has 1 fully saturated rings. The fraction of sp³-hybridized carbons (Fsp3) is 0.111. The lowest BCUT2D eigenvalue weighted by molar-refractivity contribution is -0.121. The maximum Gasteiger partial charge on any atom is 0.276 e. The molecule has 0 unspecified atom stereocenters. The lowest BCUT2D eigenvalue weighted by Gasteiger charge is -2.08. The monoisotopic (exact) mass is 392 g/mol. The molecule has 1 amide bonds. The highest BCUT2D eigenvalue weighted by molar-refractivity contribution is 7.80. The number of hydrogen-bond donors (Lipinski definition) is 1. The van der Waals surface area contributed by atoms with Gasteiger partial charge in [0.2, 0.25) is 0 Å². The van der Waals surface area contributed by atoms with Crippen molar-refractivity contribution in [1.82, 2.24) is 10.2 Å². The summed E-state index contributed by atoms with van der Waals surface area (Å²) in [5, 5.41) is 4.44. The molecule has 0 spiro atoms. The zero-order valence-electron chi connectivity index (χ0n) is 13.3. The topological polar surface area (TPSA) is 41.6 Å². The number of nitrogens with zero attached hydrogens (tertiary/aromatic N) is 1. The van der Waals surface area contributed by atoms with Crippen LogP contribution in [0.2, 0.25) is 10.0 Å². The van der Waals surface area contributed by atoms with Gasteiger partial charge in [-0.3, -0.25) is 9.69 Å². The van der Waals surface area contributed by atoms with Crippen LogP contribution in [0.1, 0.15) is 11.1 Å². The minimum atomic E-state index is -0.150. The zero-order chi connectivity index (χ0) is 18.0. The number of amides is 1. The number of ether oxygens (including phenoxy) is 1. The molecule has 2 aromatic carbocycles. The lowest BCUT2D eigenvalue weighted by Crippen LogP contribution is -2.25. The van der Waals surface area contributed by atoms with Gasteiger partial charge >= 0.3 is 0 Å². The number of benzene rings is 2. The van der Waals surface area contributed by atoms with E-state index in [2.05, 4.69) is 5.32 Å². The number of nitrogens with one attached hydrogen (secondary N) is 1. The molecule has 1 saturated heterocycles. The Labute approximate surface area is 161 Å². The number of likely N-dealkylation sites (N-methyl/N-ethyl adjacent to an activating group) is 1. The molecule has 1 heterocycles. The van der Waals surface area contributed by atoms with Crippen LogP contribution in [0.4, 0.5) is 0 Å². The number of thiocarbonyl (C=S) groups is 1. The molecular formula is C18H14Cl2N2O2S. The van der Waals surface area contributed by atoms with Crippen molar-refractivity contribution in [3.63, 3.8) is 0 Å². The van der Waals surface area contributed by atoms with Gasteiger partial charge < -0.3 is 10.1 Å². The second-order valence-electron chi connectivity index (χ2n) is 5.45. The van der Waals surface area contributed by atoms with E-state index in [1.54, 1.807) is 25.3 Å². The predicted molar refractivity (Wildman–Crippen MR) is 104 cm³/mol. The fourth-order valence-corrected chi connectivity index (χ4v) is 2.91. The molecule has 3 rings (SSSR count). The molecule has 128 valence electrons. The highest BCUT2D eigenvalue weighted by Crippen LogP contribution is 2.23. The molecule has 1 aliphatic heterocycles. The van der Waals surface area contributed by atoms with E-state index in [9.17, 15) is 4.79 Å². The number of rotatable bonds is 4. The first-order chi connectivity index (χ1) is 11.9. The summed E-state index contributed by atoms with van der Waals surface area (Å²) < 4.78 is 5.73. The largest absolute Gasteiger partial charge is 0.489 e. The minimum absolute atomic E-state index is 0.150. The normalized spacial score (nSPS) is 15.6. The zero-order valence-corrected chi connectivity index (χ0v) is 15.6. The van der Waals surface area contributed by atoms with E-state index in [4.69, 9.17) is 40.2 Å². The number of carbonyl (C=O) groups is 1. The fourth-order valence-electron chi connectivity index (χ4n) is 2.25. The van der Waals surface area contributed by atoms with Gasteiger partial charge in [0, 0.05) is 22.7 Å². The van der Waals surface area contributed by atoms with Gasteiger partial charge in [-0.25, -0.2) is 0 Å². The van der Waals surface area contributed by atoms with Crippen LogP contribution < -0.4 is 10.1 Å².